The van der Waals surface area contributed by atoms with E-state index in [2.05, 4.69) is 20.8 Å². The molecule has 2 N–H and O–H groups in total. The van der Waals surface area contributed by atoms with E-state index in [1.807, 2.05) is 6.07 Å². The molecule has 1 saturated carbocycles. The van der Waals surface area contributed by atoms with Gasteiger partial charge in [0.15, 0.2) is 0 Å². The van der Waals surface area contributed by atoms with Crippen LogP contribution in [0.25, 0.3) is 0 Å². The van der Waals surface area contributed by atoms with Gasteiger partial charge in [0.2, 0.25) is 0 Å². The highest BCUT2D eigenvalue weighted by Gasteiger charge is 2.46. The van der Waals surface area contributed by atoms with Crippen molar-refractivity contribution in [3.8, 4) is 0 Å². The first-order valence-electron chi connectivity index (χ1n) is 4.46. The van der Waals surface area contributed by atoms with E-state index in [0.717, 1.165) is 12.8 Å². The van der Waals surface area contributed by atoms with E-state index in [1.54, 1.807) is 12.1 Å². The first kappa shape index (κ1) is 10.1. The lowest BCUT2D eigenvalue weighted by Gasteiger charge is -2.15. The maximum absolute atomic E-state index is 13.7. The lowest BCUT2D eigenvalue weighted by molar-refractivity contribution is 0.115. The SMILES string of the molecule is NOCC1(c2cccc(Br)c2F)CC1. The molecule has 1 aromatic carbocycles. The Morgan fingerprint density at radius 2 is 2.21 bits per heavy atom. The van der Waals surface area contributed by atoms with Crippen molar-refractivity contribution in [1.82, 2.24) is 0 Å². The molecule has 0 amide bonds. The summed E-state index contributed by atoms with van der Waals surface area (Å²) in [6, 6.07) is 5.32. The molecule has 0 radical (unpaired) electrons. The van der Waals surface area contributed by atoms with Gasteiger partial charge in [0.05, 0.1) is 11.1 Å². The normalized spacial score (nSPS) is 18.2. The number of hydrogen-bond donors (Lipinski definition) is 1. The fourth-order valence-electron chi connectivity index (χ4n) is 1.72. The van der Waals surface area contributed by atoms with Crippen LogP contribution in [0.2, 0.25) is 0 Å². The molecule has 1 aliphatic rings. The third kappa shape index (κ3) is 1.58. The molecule has 76 valence electrons. The summed E-state index contributed by atoms with van der Waals surface area (Å²) in [5, 5.41) is 0. The van der Waals surface area contributed by atoms with Crippen LogP contribution in [-0.2, 0) is 10.3 Å². The molecule has 0 aromatic heterocycles. The van der Waals surface area contributed by atoms with Crippen LogP contribution in [0.4, 0.5) is 4.39 Å². The van der Waals surface area contributed by atoms with Crippen molar-refractivity contribution in [2.24, 2.45) is 5.90 Å². The predicted molar refractivity (Wildman–Crippen MR) is 55.2 cm³/mol. The molecule has 0 unspecified atom stereocenters. The van der Waals surface area contributed by atoms with E-state index in [1.165, 1.54) is 0 Å². The summed E-state index contributed by atoms with van der Waals surface area (Å²) in [5.41, 5.74) is 0.528. The van der Waals surface area contributed by atoms with Crippen LogP contribution in [0.15, 0.2) is 22.7 Å². The molecule has 0 saturated heterocycles. The summed E-state index contributed by atoms with van der Waals surface area (Å²) in [6.07, 6.45) is 1.88. The van der Waals surface area contributed by atoms with Crippen LogP contribution < -0.4 is 5.90 Å². The average molecular weight is 260 g/mol. The van der Waals surface area contributed by atoms with Crippen molar-refractivity contribution in [3.05, 3.63) is 34.1 Å². The Kier molecular flexibility index (Phi) is 2.60. The van der Waals surface area contributed by atoms with E-state index < -0.39 is 0 Å². The van der Waals surface area contributed by atoms with Gasteiger partial charge in [-0.3, -0.25) is 0 Å². The maximum atomic E-state index is 13.7. The summed E-state index contributed by atoms with van der Waals surface area (Å²) in [5.74, 6) is 4.85. The second-order valence-corrected chi connectivity index (χ2v) is 4.55. The summed E-state index contributed by atoms with van der Waals surface area (Å²) in [4.78, 5) is 4.64. The minimum Gasteiger partial charge on any atom is -0.304 e. The molecule has 4 heteroatoms. The average Bonchev–Trinajstić information content (AvgIpc) is 2.91. The fourth-order valence-corrected chi connectivity index (χ4v) is 2.08. The molecule has 2 nitrogen and oxygen atoms in total. The second kappa shape index (κ2) is 3.61. The third-order valence-electron chi connectivity index (χ3n) is 2.74. The van der Waals surface area contributed by atoms with Crippen LogP contribution in [0.5, 0.6) is 0 Å². The smallest absolute Gasteiger partial charge is 0.141 e. The zero-order valence-corrected chi connectivity index (χ0v) is 9.18. The Labute approximate surface area is 90.3 Å². The van der Waals surface area contributed by atoms with Gasteiger partial charge in [-0.25, -0.2) is 10.3 Å². The van der Waals surface area contributed by atoms with Crippen LogP contribution in [0, 0.1) is 5.82 Å². The Morgan fingerprint density at radius 3 is 2.79 bits per heavy atom. The Balaban J connectivity index is 2.37. The molecule has 14 heavy (non-hydrogen) atoms. The number of halogens is 2. The Bertz CT molecular complexity index is 352. The zero-order valence-electron chi connectivity index (χ0n) is 7.59. The molecule has 2 rings (SSSR count). The molecule has 0 spiro atoms. The van der Waals surface area contributed by atoms with E-state index in [0.29, 0.717) is 16.6 Å². The molecule has 0 heterocycles. The van der Waals surface area contributed by atoms with Gasteiger partial charge in [-0.2, -0.15) is 0 Å². The highest BCUT2D eigenvalue weighted by atomic mass is 79.9. The van der Waals surface area contributed by atoms with Crippen LogP contribution in [0.3, 0.4) is 0 Å². The van der Waals surface area contributed by atoms with Crippen molar-refractivity contribution in [2.75, 3.05) is 6.61 Å². The number of hydrogen-bond acceptors (Lipinski definition) is 2. The van der Waals surface area contributed by atoms with Gasteiger partial charge in [-0.05, 0) is 40.4 Å². The Hall–Kier alpha value is -0.450. The quantitative estimate of drug-likeness (QED) is 0.847. The first-order valence-corrected chi connectivity index (χ1v) is 5.25. The van der Waals surface area contributed by atoms with Crippen molar-refractivity contribution in [1.29, 1.82) is 0 Å². The molecule has 1 aliphatic carbocycles. The molecule has 1 fully saturated rings. The zero-order chi connectivity index (χ0) is 10.2. The molecular formula is C10H11BrFNO. The molecule has 0 atom stereocenters. The molecular weight excluding hydrogens is 249 g/mol. The lowest BCUT2D eigenvalue weighted by Crippen LogP contribution is -2.19. The van der Waals surface area contributed by atoms with Crippen LogP contribution in [0.1, 0.15) is 18.4 Å². The fraction of sp³-hybridized carbons (Fsp3) is 0.400. The summed E-state index contributed by atoms with van der Waals surface area (Å²) >= 11 is 3.17. The minimum absolute atomic E-state index is 0.178. The third-order valence-corrected chi connectivity index (χ3v) is 3.35. The summed E-state index contributed by atoms with van der Waals surface area (Å²) in [6.45, 7) is 0.389. The van der Waals surface area contributed by atoms with E-state index >= 15 is 0 Å². The summed E-state index contributed by atoms with van der Waals surface area (Å²) in [7, 11) is 0. The highest BCUT2D eigenvalue weighted by Crippen LogP contribution is 2.49. The second-order valence-electron chi connectivity index (χ2n) is 3.69. The van der Waals surface area contributed by atoms with E-state index in [9.17, 15) is 4.39 Å². The van der Waals surface area contributed by atoms with Gasteiger partial charge in [0, 0.05) is 5.41 Å². The van der Waals surface area contributed by atoms with Crippen LogP contribution >= 0.6 is 15.9 Å². The van der Waals surface area contributed by atoms with Crippen molar-refractivity contribution < 1.29 is 9.23 Å². The van der Waals surface area contributed by atoms with Crippen molar-refractivity contribution in [2.45, 2.75) is 18.3 Å². The van der Waals surface area contributed by atoms with Gasteiger partial charge in [-0.1, -0.05) is 12.1 Å². The topological polar surface area (TPSA) is 35.2 Å². The van der Waals surface area contributed by atoms with Gasteiger partial charge < -0.3 is 4.84 Å². The molecule has 1 aromatic rings. The summed E-state index contributed by atoms with van der Waals surface area (Å²) < 4.78 is 14.2. The van der Waals surface area contributed by atoms with E-state index in [4.69, 9.17) is 5.90 Å². The number of nitrogens with two attached hydrogens (primary N) is 1. The maximum Gasteiger partial charge on any atom is 0.141 e. The Morgan fingerprint density at radius 1 is 1.50 bits per heavy atom. The van der Waals surface area contributed by atoms with Gasteiger partial charge in [-0.15, -0.1) is 0 Å². The number of benzene rings is 1. The number of rotatable bonds is 3. The minimum atomic E-state index is -0.193. The van der Waals surface area contributed by atoms with Gasteiger partial charge in [0.1, 0.15) is 5.82 Å². The van der Waals surface area contributed by atoms with Gasteiger partial charge in [0.25, 0.3) is 0 Å². The largest absolute Gasteiger partial charge is 0.304 e. The van der Waals surface area contributed by atoms with Crippen LogP contribution in [-0.4, -0.2) is 6.61 Å². The molecule has 0 aliphatic heterocycles. The lowest BCUT2D eigenvalue weighted by atomic mass is 9.96. The standard InChI is InChI=1S/C10H11BrFNO/c11-8-3-1-2-7(9(8)12)10(4-5-10)6-14-13/h1-3H,4-6,13H2. The first-order chi connectivity index (χ1) is 6.69. The van der Waals surface area contributed by atoms with Crippen molar-refractivity contribution >= 4 is 15.9 Å². The highest BCUT2D eigenvalue weighted by molar-refractivity contribution is 9.10. The van der Waals surface area contributed by atoms with E-state index in [-0.39, 0.29) is 11.2 Å². The predicted octanol–water partition coefficient (Wildman–Crippen LogP) is 2.51. The monoisotopic (exact) mass is 259 g/mol. The van der Waals surface area contributed by atoms with Gasteiger partial charge >= 0.3 is 0 Å². The molecule has 0 bridgehead atoms. The van der Waals surface area contributed by atoms with Crippen molar-refractivity contribution in [3.63, 3.8) is 0 Å².